The molecule has 6 nitrogen and oxygen atoms in total. The van der Waals surface area contributed by atoms with Crippen molar-refractivity contribution >= 4 is 0 Å². The maximum atomic E-state index is 10.9. The van der Waals surface area contributed by atoms with E-state index in [9.17, 15) is 20.4 Å². The lowest BCUT2D eigenvalue weighted by atomic mass is 10.0. The summed E-state index contributed by atoms with van der Waals surface area (Å²) in [4.78, 5) is 0. The van der Waals surface area contributed by atoms with E-state index in [2.05, 4.69) is 24.3 Å². The van der Waals surface area contributed by atoms with Crippen molar-refractivity contribution in [2.75, 3.05) is 0 Å². The number of allylic oxidation sites excluding steroid dienone is 4. The minimum absolute atomic E-state index is 0.0576. The van der Waals surface area contributed by atoms with Gasteiger partial charge in [0, 0.05) is 45.9 Å². The molecule has 0 saturated carbocycles. The van der Waals surface area contributed by atoms with Crippen LogP contribution in [0.3, 0.4) is 0 Å². The molecular weight excluding hydrogens is 380 g/mol. The Morgan fingerprint density at radius 3 is 1.23 bits per heavy atom. The summed E-state index contributed by atoms with van der Waals surface area (Å²) < 4.78 is 2.91. The third-order valence-electron chi connectivity index (χ3n) is 7.39. The molecule has 4 aliphatic carbocycles. The van der Waals surface area contributed by atoms with Crippen molar-refractivity contribution in [3.8, 4) is 34.9 Å². The Labute approximate surface area is 172 Å². The molecule has 0 fully saturated rings. The molecule has 150 valence electrons. The van der Waals surface area contributed by atoms with Gasteiger partial charge in [-0.25, -0.2) is 0 Å². The normalized spacial score (nSPS) is 26.7. The molecule has 4 N–H and O–H groups in total. The van der Waals surface area contributed by atoms with Crippen LogP contribution >= 0.6 is 0 Å². The van der Waals surface area contributed by atoms with Gasteiger partial charge < -0.3 is 20.4 Å². The molecule has 2 heterocycles. The second-order valence-corrected chi connectivity index (χ2v) is 8.81. The molecule has 0 radical (unpaired) electrons. The van der Waals surface area contributed by atoms with Crippen molar-refractivity contribution in [1.82, 2.24) is 9.13 Å². The molecule has 1 aromatic carbocycles. The molecule has 7 rings (SSSR count). The van der Waals surface area contributed by atoms with Gasteiger partial charge in [0.15, 0.2) is 0 Å². The molecular formula is C24H20N2O4. The summed E-state index contributed by atoms with van der Waals surface area (Å²) in [6.07, 6.45) is 10.2. The van der Waals surface area contributed by atoms with E-state index in [4.69, 9.17) is 0 Å². The Bertz CT molecular complexity index is 1160. The molecule has 4 aliphatic rings. The van der Waals surface area contributed by atoms with Crippen LogP contribution in [0, 0.1) is 0 Å². The van der Waals surface area contributed by atoms with Crippen LogP contribution in [0.25, 0.3) is 11.4 Å². The van der Waals surface area contributed by atoms with Crippen LogP contribution in [0.1, 0.15) is 58.8 Å². The summed E-state index contributed by atoms with van der Waals surface area (Å²) in [5.41, 5.74) is 4.37. The maximum Gasteiger partial charge on any atom is 0.202 e. The van der Waals surface area contributed by atoms with Crippen molar-refractivity contribution < 1.29 is 20.4 Å². The SMILES string of the molecule is Oc1c2c(c(O)n1-c1cccc(-n3c(O)c4c(c3O)C3C=CC4C3)c1)C1C=CC2C1. The van der Waals surface area contributed by atoms with Crippen molar-refractivity contribution in [3.63, 3.8) is 0 Å². The zero-order valence-corrected chi connectivity index (χ0v) is 16.0. The Morgan fingerprint density at radius 2 is 0.900 bits per heavy atom. The summed E-state index contributed by atoms with van der Waals surface area (Å²) in [7, 11) is 0. The highest BCUT2D eigenvalue weighted by Crippen LogP contribution is 2.58. The Morgan fingerprint density at radius 1 is 0.567 bits per heavy atom. The highest BCUT2D eigenvalue weighted by molar-refractivity contribution is 5.65. The van der Waals surface area contributed by atoms with Crippen LogP contribution < -0.4 is 0 Å². The van der Waals surface area contributed by atoms with Gasteiger partial charge in [-0.1, -0.05) is 30.4 Å². The second-order valence-electron chi connectivity index (χ2n) is 8.81. The first-order chi connectivity index (χ1) is 14.5. The smallest absolute Gasteiger partial charge is 0.202 e. The van der Waals surface area contributed by atoms with Gasteiger partial charge in [0.2, 0.25) is 23.5 Å². The van der Waals surface area contributed by atoms with E-state index >= 15 is 0 Å². The zero-order valence-electron chi connectivity index (χ0n) is 16.0. The van der Waals surface area contributed by atoms with Crippen LogP contribution in [0.4, 0.5) is 0 Å². The van der Waals surface area contributed by atoms with Crippen molar-refractivity contribution in [3.05, 3.63) is 70.8 Å². The average molecular weight is 400 g/mol. The molecule has 6 heteroatoms. The lowest BCUT2D eigenvalue weighted by Crippen LogP contribution is -1.99. The first-order valence-corrected chi connectivity index (χ1v) is 10.3. The largest absolute Gasteiger partial charge is 0.494 e. The molecule has 3 aromatic rings. The van der Waals surface area contributed by atoms with Crippen LogP contribution in [0.2, 0.25) is 0 Å². The number of hydrogen-bond donors (Lipinski definition) is 4. The summed E-state index contributed by atoms with van der Waals surface area (Å²) in [5.74, 6) is 0.800. The second kappa shape index (κ2) is 5.14. The predicted molar refractivity (Wildman–Crippen MR) is 110 cm³/mol. The fourth-order valence-electron chi connectivity index (χ4n) is 6.14. The number of hydrogen-bond acceptors (Lipinski definition) is 4. The quantitative estimate of drug-likeness (QED) is 0.481. The molecule has 4 unspecified atom stereocenters. The summed E-state index contributed by atoms with van der Waals surface area (Å²) in [5, 5.41) is 43.6. The van der Waals surface area contributed by atoms with Crippen molar-refractivity contribution in [1.29, 1.82) is 0 Å². The average Bonchev–Trinajstić information content (AvgIpc) is 3.55. The minimum atomic E-state index is 0.0576. The van der Waals surface area contributed by atoms with Gasteiger partial charge in [0.25, 0.3) is 0 Å². The maximum absolute atomic E-state index is 10.9. The zero-order chi connectivity index (χ0) is 20.3. The fraction of sp³-hybridized carbons (Fsp3) is 0.250. The number of benzene rings is 1. The Kier molecular flexibility index (Phi) is 2.79. The number of rotatable bonds is 2. The number of aromatic nitrogens is 2. The molecule has 0 amide bonds. The summed E-state index contributed by atoms with van der Waals surface area (Å²) in [6.45, 7) is 0. The van der Waals surface area contributed by atoms with Crippen molar-refractivity contribution in [2.24, 2.45) is 0 Å². The number of nitrogens with zero attached hydrogens (tertiary/aromatic N) is 2. The lowest BCUT2D eigenvalue weighted by Gasteiger charge is -2.14. The molecule has 0 spiro atoms. The standard InChI is InChI=1S/C24H20N2O4/c27-21-17-11-4-5-12(8-11)18(17)22(28)25(21)15-2-1-3-16(10-15)26-23(29)19-13-6-7-14(9-13)20(19)24(26)30/h1-7,10-14,27-30H,8-9H2. The molecule has 0 saturated heterocycles. The van der Waals surface area contributed by atoms with Crippen LogP contribution in [0.15, 0.2) is 48.6 Å². The van der Waals surface area contributed by atoms with Gasteiger partial charge in [-0.05, 0) is 31.0 Å². The topological polar surface area (TPSA) is 90.8 Å². The van der Waals surface area contributed by atoms with E-state index in [-0.39, 0.29) is 47.2 Å². The third kappa shape index (κ3) is 1.72. The monoisotopic (exact) mass is 400 g/mol. The summed E-state index contributed by atoms with van der Waals surface area (Å²) >= 11 is 0. The van der Waals surface area contributed by atoms with Gasteiger partial charge in [0.1, 0.15) is 0 Å². The van der Waals surface area contributed by atoms with E-state index < -0.39 is 0 Å². The third-order valence-corrected chi connectivity index (χ3v) is 7.39. The number of aromatic hydroxyl groups is 4. The van der Waals surface area contributed by atoms with Crippen LogP contribution in [0.5, 0.6) is 23.5 Å². The van der Waals surface area contributed by atoms with Gasteiger partial charge in [0.05, 0.1) is 11.4 Å². The molecule has 4 bridgehead atoms. The lowest BCUT2D eigenvalue weighted by molar-refractivity contribution is 0.394. The molecule has 30 heavy (non-hydrogen) atoms. The van der Waals surface area contributed by atoms with E-state index in [0.717, 1.165) is 35.1 Å². The Balaban J connectivity index is 1.39. The predicted octanol–water partition coefficient (Wildman–Crippen LogP) is 4.37. The van der Waals surface area contributed by atoms with Crippen molar-refractivity contribution in [2.45, 2.75) is 36.5 Å². The highest BCUT2D eigenvalue weighted by atomic mass is 16.3. The fourth-order valence-corrected chi connectivity index (χ4v) is 6.14. The Hall–Kier alpha value is -3.54. The molecule has 4 atom stereocenters. The van der Waals surface area contributed by atoms with Gasteiger partial charge in [-0.15, -0.1) is 0 Å². The van der Waals surface area contributed by atoms with E-state index in [1.807, 2.05) is 0 Å². The minimum Gasteiger partial charge on any atom is -0.494 e. The first kappa shape index (κ1) is 16.3. The number of fused-ring (bicyclic) bond motifs is 10. The van der Waals surface area contributed by atoms with E-state index in [0.29, 0.717) is 11.4 Å². The van der Waals surface area contributed by atoms with Gasteiger partial charge in [-0.3, -0.25) is 9.13 Å². The van der Waals surface area contributed by atoms with Gasteiger partial charge in [-0.2, -0.15) is 0 Å². The molecule has 2 aromatic heterocycles. The van der Waals surface area contributed by atoms with Gasteiger partial charge >= 0.3 is 0 Å². The van der Waals surface area contributed by atoms with E-state index in [1.165, 1.54) is 9.13 Å². The highest BCUT2D eigenvalue weighted by Gasteiger charge is 2.42. The van der Waals surface area contributed by atoms with E-state index in [1.54, 1.807) is 24.3 Å². The first-order valence-electron chi connectivity index (χ1n) is 10.3. The molecule has 0 aliphatic heterocycles. The summed E-state index contributed by atoms with van der Waals surface area (Å²) in [6, 6.07) is 7.14. The van der Waals surface area contributed by atoms with Crippen LogP contribution in [-0.2, 0) is 0 Å². The van der Waals surface area contributed by atoms with Crippen LogP contribution in [-0.4, -0.2) is 29.6 Å².